The van der Waals surface area contributed by atoms with Gasteiger partial charge in [-0.1, -0.05) is 0 Å². The van der Waals surface area contributed by atoms with Crippen LogP contribution in [0.1, 0.15) is 12.7 Å². The SMILES string of the molecule is CCN(C)c1nc(C)nc(N(C)C)n1. The average molecular weight is 195 g/mol. The fourth-order valence-electron chi connectivity index (χ4n) is 0.966. The second-order valence-electron chi connectivity index (χ2n) is 3.39. The maximum atomic E-state index is 4.33. The predicted molar refractivity (Wildman–Crippen MR) is 57.8 cm³/mol. The van der Waals surface area contributed by atoms with Gasteiger partial charge in [-0.3, -0.25) is 0 Å². The third-order valence-electron chi connectivity index (χ3n) is 1.94. The van der Waals surface area contributed by atoms with E-state index in [9.17, 15) is 0 Å². The van der Waals surface area contributed by atoms with E-state index < -0.39 is 0 Å². The van der Waals surface area contributed by atoms with Crippen molar-refractivity contribution in [1.82, 2.24) is 15.0 Å². The van der Waals surface area contributed by atoms with E-state index in [1.807, 2.05) is 37.9 Å². The summed E-state index contributed by atoms with van der Waals surface area (Å²) in [5, 5.41) is 0. The molecule has 0 N–H and O–H groups in total. The standard InChI is InChI=1S/C9H17N5/c1-6-14(5)9-11-7(2)10-8(12-9)13(3)4/h6H2,1-5H3. The zero-order chi connectivity index (χ0) is 10.7. The second-order valence-corrected chi connectivity index (χ2v) is 3.39. The zero-order valence-electron chi connectivity index (χ0n) is 9.44. The van der Waals surface area contributed by atoms with Crippen molar-refractivity contribution in [2.75, 3.05) is 37.5 Å². The highest BCUT2D eigenvalue weighted by Crippen LogP contribution is 2.10. The van der Waals surface area contributed by atoms with E-state index in [2.05, 4.69) is 21.9 Å². The molecular formula is C9H17N5. The van der Waals surface area contributed by atoms with Crippen molar-refractivity contribution in [3.05, 3.63) is 5.82 Å². The Labute approximate surface area is 84.8 Å². The summed E-state index contributed by atoms with van der Waals surface area (Å²) in [6.07, 6.45) is 0. The highest BCUT2D eigenvalue weighted by atomic mass is 15.3. The van der Waals surface area contributed by atoms with Gasteiger partial charge < -0.3 is 9.80 Å². The van der Waals surface area contributed by atoms with Gasteiger partial charge in [0.05, 0.1) is 0 Å². The van der Waals surface area contributed by atoms with Crippen LogP contribution in [-0.4, -0.2) is 42.6 Å². The van der Waals surface area contributed by atoms with E-state index in [4.69, 9.17) is 0 Å². The van der Waals surface area contributed by atoms with Crippen molar-refractivity contribution in [3.8, 4) is 0 Å². The molecule has 14 heavy (non-hydrogen) atoms. The Balaban J connectivity index is 3.07. The largest absolute Gasteiger partial charge is 0.347 e. The molecule has 0 fully saturated rings. The molecule has 0 amide bonds. The molecule has 0 saturated carbocycles. The molecule has 0 aliphatic heterocycles. The Morgan fingerprint density at radius 3 is 2.07 bits per heavy atom. The van der Waals surface area contributed by atoms with E-state index in [-0.39, 0.29) is 0 Å². The summed E-state index contributed by atoms with van der Waals surface area (Å²) < 4.78 is 0. The van der Waals surface area contributed by atoms with Crippen LogP contribution in [0.15, 0.2) is 0 Å². The lowest BCUT2D eigenvalue weighted by atomic mass is 10.6. The fourth-order valence-corrected chi connectivity index (χ4v) is 0.966. The quantitative estimate of drug-likeness (QED) is 0.710. The lowest BCUT2D eigenvalue weighted by Gasteiger charge is -2.17. The monoisotopic (exact) mass is 195 g/mol. The maximum Gasteiger partial charge on any atom is 0.230 e. The molecule has 5 nitrogen and oxygen atoms in total. The molecule has 1 aromatic heterocycles. The van der Waals surface area contributed by atoms with Gasteiger partial charge in [-0.25, -0.2) is 0 Å². The van der Waals surface area contributed by atoms with Crippen LogP contribution in [0, 0.1) is 6.92 Å². The molecule has 1 heterocycles. The third-order valence-corrected chi connectivity index (χ3v) is 1.94. The summed E-state index contributed by atoms with van der Waals surface area (Å²) in [5.74, 6) is 2.18. The van der Waals surface area contributed by atoms with Crippen LogP contribution in [0.3, 0.4) is 0 Å². The molecule has 0 aromatic carbocycles. The average Bonchev–Trinajstić information content (AvgIpc) is 2.15. The Morgan fingerprint density at radius 2 is 1.57 bits per heavy atom. The molecule has 0 aliphatic rings. The van der Waals surface area contributed by atoms with Crippen molar-refractivity contribution in [2.45, 2.75) is 13.8 Å². The Kier molecular flexibility index (Phi) is 3.22. The first-order valence-corrected chi connectivity index (χ1v) is 4.65. The summed E-state index contributed by atoms with van der Waals surface area (Å²) in [7, 11) is 5.81. The van der Waals surface area contributed by atoms with E-state index >= 15 is 0 Å². The minimum absolute atomic E-state index is 0.702. The zero-order valence-corrected chi connectivity index (χ0v) is 9.44. The van der Waals surface area contributed by atoms with Crippen molar-refractivity contribution < 1.29 is 0 Å². The van der Waals surface area contributed by atoms with Crippen LogP contribution in [0.25, 0.3) is 0 Å². The highest BCUT2D eigenvalue weighted by Gasteiger charge is 2.07. The molecule has 0 atom stereocenters. The highest BCUT2D eigenvalue weighted by molar-refractivity contribution is 5.36. The van der Waals surface area contributed by atoms with E-state index in [1.54, 1.807) is 0 Å². The van der Waals surface area contributed by atoms with Crippen molar-refractivity contribution in [3.63, 3.8) is 0 Å². The molecule has 0 spiro atoms. The van der Waals surface area contributed by atoms with Gasteiger partial charge in [0.15, 0.2) is 0 Å². The van der Waals surface area contributed by atoms with Gasteiger partial charge in [0.1, 0.15) is 5.82 Å². The van der Waals surface area contributed by atoms with E-state index in [0.717, 1.165) is 18.3 Å². The number of anilines is 2. The van der Waals surface area contributed by atoms with Gasteiger partial charge in [-0.05, 0) is 13.8 Å². The first-order chi connectivity index (χ1) is 6.54. The van der Waals surface area contributed by atoms with E-state index in [0.29, 0.717) is 5.95 Å². The number of hydrogen-bond acceptors (Lipinski definition) is 5. The fraction of sp³-hybridized carbons (Fsp3) is 0.667. The first kappa shape index (κ1) is 10.7. The lowest BCUT2D eigenvalue weighted by Crippen LogP contribution is -2.22. The van der Waals surface area contributed by atoms with Gasteiger partial charge in [0.25, 0.3) is 0 Å². The maximum absolute atomic E-state index is 4.33. The topological polar surface area (TPSA) is 45.2 Å². The third kappa shape index (κ3) is 2.31. The molecule has 0 saturated heterocycles. The molecule has 1 rings (SSSR count). The van der Waals surface area contributed by atoms with Crippen LogP contribution >= 0.6 is 0 Å². The van der Waals surface area contributed by atoms with Gasteiger partial charge in [0.2, 0.25) is 11.9 Å². The molecule has 0 radical (unpaired) electrons. The van der Waals surface area contributed by atoms with Crippen LogP contribution in [-0.2, 0) is 0 Å². The lowest BCUT2D eigenvalue weighted by molar-refractivity contribution is 0.846. The molecule has 0 bridgehead atoms. The summed E-state index contributed by atoms with van der Waals surface area (Å²) in [5.41, 5.74) is 0. The Bertz CT molecular complexity index is 310. The van der Waals surface area contributed by atoms with Crippen molar-refractivity contribution >= 4 is 11.9 Å². The number of nitrogens with zero attached hydrogens (tertiary/aromatic N) is 5. The number of aromatic nitrogens is 3. The normalized spacial score (nSPS) is 10.1. The summed E-state index contributed by atoms with van der Waals surface area (Å²) in [4.78, 5) is 16.7. The number of rotatable bonds is 3. The van der Waals surface area contributed by atoms with Gasteiger partial charge in [-0.15, -0.1) is 0 Å². The Hall–Kier alpha value is -1.39. The molecule has 1 aromatic rings. The van der Waals surface area contributed by atoms with Crippen LogP contribution in [0.5, 0.6) is 0 Å². The predicted octanol–water partition coefficient (Wildman–Crippen LogP) is 0.702. The van der Waals surface area contributed by atoms with Gasteiger partial charge in [0, 0.05) is 27.7 Å². The molecule has 0 unspecified atom stereocenters. The van der Waals surface area contributed by atoms with Crippen LogP contribution in [0.4, 0.5) is 11.9 Å². The summed E-state index contributed by atoms with van der Waals surface area (Å²) in [6, 6.07) is 0. The van der Waals surface area contributed by atoms with Gasteiger partial charge >= 0.3 is 0 Å². The van der Waals surface area contributed by atoms with Gasteiger partial charge in [-0.2, -0.15) is 15.0 Å². The molecular weight excluding hydrogens is 178 g/mol. The van der Waals surface area contributed by atoms with Crippen molar-refractivity contribution in [2.24, 2.45) is 0 Å². The summed E-state index contributed by atoms with van der Waals surface area (Å²) >= 11 is 0. The summed E-state index contributed by atoms with van der Waals surface area (Å²) in [6.45, 7) is 4.83. The smallest absolute Gasteiger partial charge is 0.230 e. The number of aryl methyl sites for hydroxylation is 1. The molecule has 5 heteroatoms. The molecule has 78 valence electrons. The number of hydrogen-bond donors (Lipinski definition) is 0. The molecule has 0 aliphatic carbocycles. The van der Waals surface area contributed by atoms with Crippen LogP contribution in [0.2, 0.25) is 0 Å². The Morgan fingerprint density at radius 1 is 1.00 bits per heavy atom. The minimum atomic E-state index is 0.702. The van der Waals surface area contributed by atoms with Crippen LogP contribution < -0.4 is 9.80 Å². The minimum Gasteiger partial charge on any atom is -0.347 e. The first-order valence-electron chi connectivity index (χ1n) is 4.65. The van der Waals surface area contributed by atoms with E-state index in [1.165, 1.54) is 0 Å². The second kappa shape index (κ2) is 4.21. The van der Waals surface area contributed by atoms with Crippen molar-refractivity contribution in [1.29, 1.82) is 0 Å².